The normalized spacial score (nSPS) is 23.8. The molecule has 1 atom stereocenters. The van der Waals surface area contributed by atoms with Gasteiger partial charge in [0, 0.05) is 36.6 Å². The molecule has 1 aliphatic carbocycles. The van der Waals surface area contributed by atoms with Crippen molar-refractivity contribution in [3.63, 3.8) is 0 Å². The number of nitrogens with one attached hydrogen (secondary N) is 1. The first-order valence-electron chi connectivity index (χ1n) is 7.82. The Labute approximate surface area is 121 Å². The van der Waals surface area contributed by atoms with Gasteiger partial charge < -0.3 is 15.0 Å². The number of rotatable bonds is 6. The van der Waals surface area contributed by atoms with Crippen molar-refractivity contribution in [1.82, 2.24) is 15.2 Å². The van der Waals surface area contributed by atoms with Crippen LogP contribution in [0.15, 0.2) is 18.5 Å². The van der Waals surface area contributed by atoms with E-state index in [1.165, 1.54) is 44.2 Å². The van der Waals surface area contributed by atoms with Gasteiger partial charge in [0.25, 0.3) is 0 Å². The minimum atomic E-state index is 0.557. The van der Waals surface area contributed by atoms with E-state index in [4.69, 9.17) is 4.74 Å². The first kappa shape index (κ1) is 13.8. The van der Waals surface area contributed by atoms with E-state index >= 15 is 0 Å². The average Bonchev–Trinajstić information content (AvgIpc) is 3.29. The zero-order valence-corrected chi connectivity index (χ0v) is 12.3. The molecule has 1 aliphatic heterocycles. The van der Waals surface area contributed by atoms with Crippen molar-refractivity contribution >= 4 is 0 Å². The molecule has 2 aliphatic rings. The summed E-state index contributed by atoms with van der Waals surface area (Å²) < 4.78 is 6.08. The van der Waals surface area contributed by atoms with Crippen LogP contribution < -0.4 is 10.1 Å². The number of likely N-dealkylation sites (N-methyl/N-ethyl adjacent to an activating group) is 1. The molecule has 0 amide bonds. The van der Waals surface area contributed by atoms with Crippen LogP contribution in [0.2, 0.25) is 0 Å². The van der Waals surface area contributed by atoms with Crippen LogP contribution in [-0.4, -0.2) is 42.2 Å². The van der Waals surface area contributed by atoms with Gasteiger partial charge in [-0.3, -0.25) is 4.98 Å². The number of nitrogens with zero attached hydrogens (tertiary/aromatic N) is 2. The summed E-state index contributed by atoms with van der Waals surface area (Å²) in [5.41, 5.74) is 1.18. The molecule has 3 rings (SSSR count). The Kier molecular flexibility index (Phi) is 4.53. The summed E-state index contributed by atoms with van der Waals surface area (Å²) in [4.78, 5) is 6.65. The van der Waals surface area contributed by atoms with Gasteiger partial charge in [0.2, 0.25) is 0 Å². The summed E-state index contributed by atoms with van der Waals surface area (Å²) in [6.07, 6.45) is 10.3. The van der Waals surface area contributed by atoms with Crippen molar-refractivity contribution in [2.75, 3.05) is 20.2 Å². The van der Waals surface area contributed by atoms with Crippen LogP contribution in [-0.2, 0) is 6.54 Å². The van der Waals surface area contributed by atoms with Crippen molar-refractivity contribution in [2.45, 2.75) is 50.7 Å². The van der Waals surface area contributed by atoms with E-state index in [0.29, 0.717) is 12.1 Å². The molecule has 0 aromatic carbocycles. The van der Waals surface area contributed by atoms with E-state index in [1.54, 1.807) is 0 Å². The monoisotopic (exact) mass is 275 g/mol. The van der Waals surface area contributed by atoms with E-state index in [2.05, 4.69) is 22.2 Å². The van der Waals surface area contributed by atoms with Crippen LogP contribution in [0, 0.1) is 0 Å². The molecule has 0 bridgehead atoms. The second kappa shape index (κ2) is 6.55. The third-order valence-electron chi connectivity index (χ3n) is 4.37. The third kappa shape index (κ3) is 3.70. The lowest BCUT2D eigenvalue weighted by Gasteiger charge is -2.32. The maximum Gasteiger partial charge on any atom is 0.126 e. The largest absolute Gasteiger partial charge is 0.492 e. The van der Waals surface area contributed by atoms with E-state index in [0.717, 1.165) is 18.9 Å². The Balaban J connectivity index is 1.55. The zero-order chi connectivity index (χ0) is 13.8. The highest BCUT2D eigenvalue weighted by Crippen LogP contribution is 2.23. The van der Waals surface area contributed by atoms with Crippen LogP contribution in [0.5, 0.6) is 5.75 Å². The van der Waals surface area contributed by atoms with Crippen molar-refractivity contribution in [3.8, 4) is 5.75 Å². The second-order valence-corrected chi connectivity index (χ2v) is 6.08. The number of likely N-dealkylation sites (tertiary alicyclic amines) is 1. The second-order valence-electron chi connectivity index (χ2n) is 6.08. The smallest absolute Gasteiger partial charge is 0.126 e. The van der Waals surface area contributed by atoms with Crippen LogP contribution in [0.3, 0.4) is 0 Å². The maximum atomic E-state index is 6.08. The number of ether oxygens (including phenoxy) is 1. The first-order chi connectivity index (χ1) is 9.83. The summed E-state index contributed by atoms with van der Waals surface area (Å²) in [6, 6.07) is 3.26. The summed E-state index contributed by atoms with van der Waals surface area (Å²) >= 11 is 0. The molecule has 1 aromatic heterocycles. The zero-order valence-electron chi connectivity index (χ0n) is 12.3. The average molecular weight is 275 g/mol. The molecule has 1 aromatic rings. The molecule has 0 spiro atoms. The summed E-state index contributed by atoms with van der Waals surface area (Å²) in [5, 5.41) is 3.53. The SMILES string of the molecule is CN1CCCCC1COc1ccncc1CNC1CC1. The molecule has 1 saturated heterocycles. The number of piperidine rings is 1. The standard InChI is InChI=1S/C16H25N3O/c1-19-9-3-2-4-15(19)12-20-16-7-8-17-10-13(16)11-18-14-5-6-14/h7-8,10,14-15,18H,2-6,9,11-12H2,1H3. The lowest BCUT2D eigenvalue weighted by Crippen LogP contribution is -2.40. The minimum absolute atomic E-state index is 0.557. The Morgan fingerprint density at radius 2 is 2.25 bits per heavy atom. The van der Waals surface area contributed by atoms with E-state index in [9.17, 15) is 0 Å². The molecular weight excluding hydrogens is 250 g/mol. The van der Waals surface area contributed by atoms with Crippen LogP contribution in [0.1, 0.15) is 37.7 Å². The van der Waals surface area contributed by atoms with Crippen molar-refractivity contribution in [1.29, 1.82) is 0 Å². The number of hydrogen-bond donors (Lipinski definition) is 1. The summed E-state index contributed by atoms with van der Waals surface area (Å²) in [6.45, 7) is 2.85. The molecule has 1 unspecified atom stereocenters. The van der Waals surface area contributed by atoms with Crippen molar-refractivity contribution < 1.29 is 4.74 Å². The maximum absolute atomic E-state index is 6.08. The fourth-order valence-corrected chi connectivity index (χ4v) is 2.77. The predicted molar refractivity (Wildman–Crippen MR) is 79.9 cm³/mol. The highest BCUT2D eigenvalue weighted by Gasteiger charge is 2.22. The minimum Gasteiger partial charge on any atom is -0.492 e. The van der Waals surface area contributed by atoms with Gasteiger partial charge in [-0.2, -0.15) is 0 Å². The Morgan fingerprint density at radius 3 is 3.05 bits per heavy atom. The van der Waals surface area contributed by atoms with Gasteiger partial charge in [-0.15, -0.1) is 0 Å². The lowest BCUT2D eigenvalue weighted by molar-refractivity contribution is 0.124. The van der Waals surface area contributed by atoms with Crippen molar-refractivity contribution in [3.05, 3.63) is 24.0 Å². The lowest BCUT2D eigenvalue weighted by atomic mass is 10.0. The molecule has 1 N–H and O–H groups in total. The Bertz CT molecular complexity index is 433. The molecule has 4 nitrogen and oxygen atoms in total. The van der Waals surface area contributed by atoms with Crippen LogP contribution in [0.4, 0.5) is 0 Å². The molecule has 2 fully saturated rings. The molecule has 2 heterocycles. The van der Waals surface area contributed by atoms with Crippen LogP contribution >= 0.6 is 0 Å². The van der Waals surface area contributed by atoms with Gasteiger partial charge in [-0.05, 0) is 45.3 Å². The summed E-state index contributed by atoms with van der Waals surface area (Å²) in [5.74, 6) is 0.993. The Hall–Kier alpha value is -1.13. The molecule has 0 radical (unpaired) electrons. The van der Waals surface area contributed by atoms with E-state index in [1.807, 2.05) is 18.5 Å². The van der Waals surface area contributed by atoms with Crippen LogP contribution in [0.25, 0.3) is 0 Å². The number of hydrogen-bond acceptors (Lipinski definition) is 4. The fraction of sp³-hybridized carbons (Fsp3) is 0.688. The highest BCUT2D eigenvalue weighted by molar-refractivity contribution is 5.30. The molecular formula is C16H25N3O. The highest BCUT2D eigenvalue weighted by atomic mass is 16.5. The number of aromatic nitrogens is 1. The Morgan fingerprint density at radius 1 is 1.35 bits per heavy atom. The first-order valence-corrected chi connectivity index (χ1v) is 7.82. The molecule has 4 heteroatoms. The van der Waals surface area contributed by atoms with Gasteiger partial charge in [-0.25, -0.2) is 0 Å². The topological polar surface area (TPSA) is 37.4 Å². The van der Waals surface area contributed by atoms with Gasteiger partial charge >= 0.3 is 0 Å². The van der Waals surface area contributed by atoms with Gasteiger partial charge in [-0.1, -0.05) is 6.42 Å². The van der Waals surface area contributed by atoms with Crippen molar-refractivity contribution in [2.24, 2.45) is 0 Å². The van der Waals surface area contributed by atoms with E-state index < -0.39 is 0 Å². The summed E-state index contributed by atoms with van der Waals surface area (Å²) in [7, 11) is 2.20. The molecule has 20 heavy (non-hydrogen) atoms. The molecule has 110 valence electrons. The predicted octanol–water partition coefficient (Wildman–Crippen LogP) is 2.20. The fourth-order valence-electron chi connectivity index (χ4n) is 2.77. The van der Waals surface area contributed by atoms with Gasteiger partial charge in [0.05, 0.1) is 0 Å². The van der Waals surface area contributed by atoms with E-state index in [-0.39, 0.29) is 0 Å². The third-order valence-corrected chi connectivity index (χ3v) is 4.37. The van der Waals surface area contributed by atoms with Gasteiger partial charge in [0.1, 0.15) is 12.4 Å². The van der Waals surface area contributed by atoms with Gasteiger partial charge in [0.15, 0.2) is 0 Å². The quantitative estimate of drug-likeness (QED) is 0.863. The molecule has 1 saturated carbocycles. The number of pyridine rings is 1.